The first-order valence-corrected chi connectivity index (χ1v) is 9.29. The highest BCUT2D eigenvalue weighted by molar-refractivity contribution is 9.11. The smallest absolute Gasteiger partial charge is 0.247 e. The number of halogens is 1. The standard InChI is InChI=1S/C18H19BrN2O3S/c1-3-21(18(23)10-8-15-7-9-16(19)25-15)12-17(22)20-13-5-4-6-14(11-13)24-2/h4-11H,3,12H2,1-2H3,(H,20,22)/b10-8+. The molecule has 0 unspecified atom stereocenters. The molecule has 132 valence electrons. The van der Waals surface area contributed by atoms with Gasteiger partial charge in [-0.2, -0.15) is 0 Å². The van der Waals surface area contributed by atoms with E-state index < -0.39 is 0 Å². The number of benzene rings is 1. The molecule has 0 spiro atoms. The molecule has 0 saturated carbocycles. The summed E-state index contributed by atoms with van der Waals surface area (Å²) in [4.78, 5) is 26.9. The van der Waals surface area contributed by atoms with Gasteiger partial charge in [-0.15, -0.1) is 11.3 Å². The molecule has 1 heterocycles. The molecule has 25 heavy (non-hydrogen) atoms. The summed E-state index contributed by atoms with van der Waals surface area (Å²) in [6, 6.07) is 10.9. The average Bonchev–Trinajstić information content (AvgIpc) is 3.03. The van der Waals surface area contributed by atoms with Gasteiger partial charge in [-0.1, -0.05) is 6.07 Å². The van der Waals surface area contributed by atoms with Gasteiger partial charge < -0.3 is 15.0 Å². The first-order valence-electron chi connectivity index (χ1n) is 7.68. The van der Waals surface area contributed by atoms with Crippen LogP contribution in [0.25, 0.3) is 6.08 Å². The van der Waals surface area contributed by atoms with Crippen LogP contribution in [0, 0.1) is 0 Å². The fraction of sp³-hybridized carbons (Fsp3) is 0.222. The Morgan fingerprint density at radius 2 is 2.12 bits per heavy atom. The van der Waals surface area contributed by atoms with Gasteiger partial charge in [-0.25, -0.2) is 0 Å². The van der Waals surface area contributed by atoms with Crippen LogP contribution in [-0.4, -0.2) is 36.9 Å². The molecule has 0 aliphatic heterocycles. The number of nitrogens with one attached hydrogen (secondary N) is 1. The molecule has 0 bridgehead atoms. The predicted octanol–water partition coefficient (Wildman–Crippen LogP) is 4.02. The Balaban J connectivity index is 1.94. The number of hydrogen-bond acceptors (Lipinski definition) is 4. The highest BCUT2D eigenvalue weighted by Crippen LogP contribution is 2.23. The lowest BCUT2D eigenvalue weighted by molar-refractivity contribution is -0.130. The first kappa shape index (κ1) is 19.2. The Labute approximate surface area is 159 Å². The second-order valence-electron chi connectivity index (χ2n) is 5.11. The Bertz CT molecular complexity index is 773. The quantitative estimate of drug-likeness (QED) is 0.685. The van der Waals surface area contributed by atoms with E-state index in [0.29, 0.717) is 18.0 Å². The summed E-state index contributed by atoms with van der Waals surface area (Å²) in [7, 11) is 1.57. The lowest BCUT2D eigenvalue weighted by Crippen LogP contribution is -2.36. The SMILES string of the molecule is CCN(CC(=O)Nc1cccc(OC)c1)C(=O)/C=C/c1ccc(Br)s1. The van der Waals surface area contributed by atoms with Gasteiger partial charge >= 0.3 is 0 Å². The topological polar surface area (TPSA) is 58.6 Å². The fourth-order valence-corrected chi connectivity index (χ4v) is 3.42. The van der Waals surface area contributed by atoms with Crippen LogP contribution >= 0.6 is 27.3 Å². The second kappa shape index (κ2) is 9.39. The lowest BCUT2D eigenvalue weighted by atomic mass is 10.3. The molecule has 2 amide bonds. The van der Waals surface area contributed by atoms with Gasteiger partial charge in [0, 0.05) is 29.3 Å². The molecule has 1 aromatic carbocycles. The van der Waals surface area contributed by atoms with E-state index in [9.17, 15) is 9.59 Å². The van der Waals surface area contributed by atoms with Crippen molar-refractivity contribution in [3.05, 3.63) is 51.1 Å². The van der Waals surface area contributed by atoms with Crippen molar-refractivity contribution in [3.63, 3.8) is 0 Å². The maximum Gasteiger partial charge on any atom is 0.247 e. The fourth-order valence-electron chi connectivity index (χ4n) is 2.10. The van der Waals surface area contributed by atoms with E-state index in [0.717, 1.165) is 8.66 Å². The van der Waals surface area contributed by atoms with Gasteiger partial charge in [0.2, 0.25) is 11.8 Å². The minimum Gasteiger partial charge on any atom is -0.497 e. The van der Waals surface area contributed by atoms with Crippen LogP contribution < -0.4 is 10.1 Å². The van der Waals surface area contributed by atoms with E-state index in [1.54, 1.807) is 37.5 Å². The van der Waals surface area contributed by atoms with Crippen LogP contribution in [0.4, 0.5) is 5.69 Å². The van der Waals surface area contributed by atoms with Gasteiger partial charge in [0.05, 0.1) is 10.9 Å². The number of rotatable bonds is 7. The Kier molecular flexibility index (Phi) is 7.21. The van der Waals surface area contributed by atoms with Crippen LogP contribution in [0.3, 0.4) is 0 Å². The Morgan fingerprint density at radius 1 is 1.32 bits per heavy atom. The number of ether oxygens (including phenoxy) is 1. The molecule has 0 atom stereocenters. The van der Waals surface area contributed by atoms with Crippen LogP contribution in [-0.2, 0) is 9.59 Å². The summed E-state index contributed by atoms with van der Waals surface area (Å²) in [5, 5.41) is 2.77. The van der Waals surface area contributed by atoms with Crippen LogP contribution in [0.1, 0.15) is 11.8 Å². The maximum atomic E-state index is 12.3. The summed E-state index contributed by atoms with van der Waals surface area (Å²) < 4.78 is 6.13. The summed E-state index contributed by atoms with van der Waals surface area (Å²) in [6.07, 6.45) is 3.24. The number of carbonyl (C=O) groups excluding carboxylic acids is 2. The summed E-state index contributed by atoms with van der Waals surface area (Å²) in [5.74, 6) is 0.204. The van der Waals surface area contributed by atoms with Crippen molar-refractivity contribution in [1.82, 2.24) is 4.90 Å². The van der Waals surface area contributed by atoms with E-state index in [2.05, 4.69) is 21.2 Å². The summed E-state index contributed by atoms with van der Waals surface area (Å²) in [5.41, 5.74) is 0.631. The van der Waals surface area contributed by atoms with E-state index >= 15 is 0 Å². The van der Waals surface area contributed by atoms with Crippen LogP contribution in [0.2, 0.25) is 0 Å². The lowest BCUT2D eigenvalue weighted by Gasteiger charge is -2.18. The number of likely N-dealkylation sites (N-methyl/N-ethyl adjacent to an activating group) is 1. The number of amides is 2. The van der Waals surface area contributed by atoms with Gasteiger partial charge in [0.1, 0.15) is 12.3 Å². The number of carbonyl (C=O) groups is 2. The molecule has 0 saturated heterocycles. The van der Waals surface area contributed by atoms with E-state index in [1.165, 1.54) is 22.3 Å². The van der Waals surface area contributed by atoms with Crippen molar-refractivity contribution in [1.29, 1.82) is 0 Å². The van der Waals surface area contributed by atoms with Gasteiger partial charge in [0.15, 0.2) is 0 Å². The molecule has 5 nitrogen and oxygen atoms in total. The second-order valence-corrected chi connectivity index (χ2v) is 7.60. The molecular formula is C18H19BrN2O3S. The summed E-state index contributed by atoms with van der Waals surface area (Å²) in [6.45, 7) is 2.28. The number of anilines is 1. The number of thiophene rings is 1. The highest BCUT2D eigenvalue weighted by Gasteiger charge is 2.13. The van der Waals surface area contributed by atoms with Gasteiger partial charge in [-0.3, -0.25) is 9.59 Å². The maximum absolute atomic E-state index is 12.3. The molecule has 0 radical (unpaired) electrons. The molecule has 1 N–H and O–H groups in total. The van der Waals surface area contributed by atoms with E-state index in [-0.39, 0.29) is 18.4 Å². The third-order valence-electron chi connectivity index (χ3n) is 3.37. The van der Waals surface area contributed by atoms with E-state index in [1.807, 2.05) is 19.1 Å². The van der Waals surface area contributed by atoms with Crippen molar-refractivity contribution in [2.75, 3.05) is 25.5 Å². The molecule has 1 aromatic heterocycles. The number of nitrogens with zero attached hydrogens (tertiary/aromatic N) is 1. The monoisotopic (exact) mass is 422 g/mol. The third-order valence-corrected chi connectivity index (χ3v) is 4.95. The van der Waals surface area contributed by atoms with Crippen LogP contribution in [0.5, 0.6) is 5.75 Å². The molecule has 0 aliphatic carbocycles. The van der Waals surface area contributed by atoms with Crippen molar-refractivity contribution in [2.45, 2.75) is 6.92 Å². The van der Waals surface area contributed by atoms with Crippen molar-refractivity contribution < 1.29 is 14.3 Å². The molecule has 2 rings (SSSR count). The molecular weight excluding hydrogens is 404 g/mol. The zero-order chi connectivity index (χ0) is 18.2. The van der Waals surface area contributed by atoms with Gasteiger partial charge in [-0.05, 0) is 53.2 Å². The van der Waals surface area contributed by atoms with Crippen molar-refractivity contribution in [2.24, 2.45) is 0 Å². The zero-order valence-corrected chi connectivity index (χ0v) is 16.4. The highest BCUT2D eigenvalue weighted by atomic mass is 79.9. The largest absolute Gasteiger partial charge is 0.497 e. The van der Waals surface area contributed by atoms with Crippen molar-refractivity contribution >= 4 is 50.8 Å². The molecule has 0 fully saturated rings. The molecule has 0 aliphatic rings. The summed E-state index contributed by atoms with van der Waals surface area (Å²) >= 11 is 4.92. The Morgan fingerprint density at radius 3 is 2.76 bits per heavy atom. The third kappa shape index (κ3) is 6.03. The first-order chi connectivity index (χ1) is 12.0. The van der Waals surface area contributed by atoms with Crippen LogP contribution in [0.15, 0.2) is 46.3 Å². The Hall–Kier alpha value is -2.12. The van der Waals surface area contributed by atoms with Gasteiger partial charge in [0.25, 0.3) is 0 Å². The minimum atomic E-state index is -0.254. The average molecular weight is 423 g/mol. The van der Waals surface area contributed by atoms with E-state index in [4.69, 9.17) is 4.74 Å². The molecule has 7 heteroatoms. The predicted molar refractivity (Wildman–Crippen MR) is 105 cm³/mol. The van der Waals surface area contributed by atoms with Crippen molar-refractivity contribution in [3.8, 4) is 5.75 Å². The normalized spacial score (nSPS) is 10.7. The number of methoxy groups -OCH3 is 1. The zero-order valence-electron chi connectivity index (χ0n) is 14.0. The number of hydrogen-bond donors (Lipinski definition) is 1. The molecule has 2 aromatic rings. The minimum absolute atomic E-state index is 0.00891.